The quantitative estimate of drug-likeness (QED) is 0.236. The second-order valence-electron chi connectivity index (χ2n) is 9.21. The second kappa shape index (κ2) is 11.2. The van der Waals surface area contributed by atoms with Crippen LogP contribution in [0.15, 0.2) is 78.9 Å². The highest BCUT2D eigenvalue weighted by Crippen LogP contribution is 2.32. The lowest BCUT2D eigenvalue weighted by Gasteiger charge is -2.20. The molecule has 2 heterocycles. The van der Waals surface area contributed by atoms with E-state index in [4.69, 9.17) is 21.2 Å². The van der Waals surface area contributed by atoms with E-state index in [9.17, 15) is 4.79 Å². The molecule has 2 aromatic heterocycles. The van der Waals surface area contributed by atoms with E-state index in [1.807, 2.05) is 78.9 Å². The molecule has 5 aromatic rings. The highest BCUT2D eigenvalue weighted by molar-refractivity contribution is 6.07. The summed E-state index contributed by atoms with van der Waals surface area (Å²) in [5.41, 5.74) is 16.4. The molecule has 0 unspecified atom stereocenters. The van der Waals surface area contributed by atoms with Gasteiger partial charge in [-0.15, -0.1) is 0 Å². The van der Waals surface area contributed by atoms with Crippen LogP contribution in [0, 0.1) is 0 Å². The Balaban J connectivity index is 1.40. The van der Waals surface area contributed by atoms with Gasteiger partial charge in [-0.3, -0.25) is 4.90 Å². The Morgan fingerprint density at radius 1 is 0.974 bits per heavy atom. The monoisotopic (exact) mass is 508 g/mol. The summed E-state index contributed by atoms with van der Waals surface area (Å²) in [5.74, 6) is 2.13. The summed E-state index contributed by atoms with van der Waals surface area (Å²) in [5, 5.41) is 0.954. The number of rotatable bonds is 10. The molecule has 8 heteroatoms. The number of para-hydroxylation sites is 1. The molecule has 3 aromatic carbocycles. The van der Waals surface area contributed by atoms with Gasteiger partial charge in [0.05, 0.1) is 11.0 Å². The molecule has 0 fully saturated rings. The number of fused-ring (bicyclic) bond motifs is 3. The molecule has 0 spiro atoms. The number of carbonyl (C=O) groups excluding carboxylic acids is 1. The van der Waals surface area contributed by atoms with Gasteiger partial charge in [0.1, 0.15) is 23.7 Å². The molecule has 0 saturated carbocycles. The van der Waals surface area contributed by atoms with Gasteiger partial charge in [-0.05, 0) is 48.7 Å². The summed E-state index contributed by atoms with van der Waals surface area (Å²) in [7, 11) is 0. The van der Waals surface area contributed by atoms with E-state index >= 15 is 0 Å². The standard InChI is InChI=1S/C30H32N6O2/c1-2-26-34-27-28(36(26)18-10-9-17-35(30(32)37)22-13-7-4-8-14-22)24-19-23(15-16-25(24)33-29(27)31)38-20-21-11-5-3-6-12-21/h3-8,11-16,19H,2,9-10,17-18,20H2,1H3,(H2,31,33)(H2,32,37). The number of carbonyl (C=O) groups is 1. The molecule has 0 radical (unpaired) electrons. The first-order valence-electron chi connectivity index (χ1n) is 12.9. The average Bonchev–Trinajstić information content (AvgIpc) is 3.32. The Morgan fingerprint density at radius 2 is 1.71 bits per heavy atom. The number of unbranched alkanes of at least 4 members (excludes halogenated alkanes) is 1. The lowest BCUT2D eigenvalue weighted by atomic mass is 10.1. The maximum absolute atomic E-state index is 12.1. The van der Waals surface area contributed by atoms with Crippen molar-refractivity contribution in [2.75, 3.05) is 17.2 Å². The number of ether oxygens (including phenoxy) is 1. The van der Waals surface area contributed by atoms with Gasteiger partial charge in [-0.1, -0.05) is 55.5 Å². The molecule has 0 aliphatic heterocycles. The third kappa shape index (κ3) is 5.25. The Labute approximate surface area is 221 Å². The predicted molar refractivity (Wildman–Crippen MR) is 152 cm³/mol. The largest absolute Gasteiger partial charge is 0.489 e. The van der Waals surface area contributed by atoms with Crippen LogP contribution >= 0.6 is 0 Å². The van der Waals surface area contributed by atoms with Crippen molar-refractivity contribution in [3.63, 3.8) is 0 Å². The number of nitrogens with zero attached hydrogens (tertiary/aromatic N) is 4. The van der Waals surface area contributed by atoms with Crippen LogP contribution in [0.25, 0.3) is 21.9 Å². The number of urea groups is 1. The first-order chi connectivity index (χ1) is 18.5. The molecule has 4 N–H and O–H groups in total. The molecular formula is C30H32N6O2. The van der Waals surface area contributed by atoms with Crippen molar-refractivity contribution in [1.29, 1.82) is 0 Å². The van der Waals surface area contributed by atoms with Gasteiger partial charge in [0.2, 0.25) is 0 Å². The minimum absolute atomic E-state index is 0.419. The number of anilines is 2. The van der Waals surface area contributed by atoms with Crippen LogP contribution in [0.4, 0.5) is 16.3 Å². The normalized spacial score (nSPS) is 11.2. The first kappa shape index (κ1) is 25.1. The van der Waals surface area contributed by atoms with Gasteiger partial charge in [0.15, 0.2) is 5.82 Å². The van der Waals surface area contributed by atoms with E-state index in [1.165, 1.54) is 0 Å². The predicted octanol–water partition coefficient (Wildman–Crippen LogP) is 5.67. The van der Waals surface area contributed by atoms with Crippen molar-refractivity contribution in [3.05, 3.63) is 90.3 Å². The van der Waals surface area contributed by atoms with Gasteiger partial charge < -0.3 is 20.8 Å². The Bertz CT molecular complexity index is 1550. The lowest BCUT2D eigenvalue weighted by molar-refractivity contribution is 0.253. The minimum Gasteiger partial charge on any atom is -0.489 e. The average molecular weight is 509 g/mol. The molecule has 38 heavy (non-hydrogen) atoms. The summed E-state index contributed by atoms with van der Waals surface area (Å²) in [6.45, 7) is 3.83. The van der Waals surface area contributed by atoms with Gasteiger partial charge in [0.25, 0.3) is 0 Å². The van der Waals surface area contributed by atoms with Crippen LogP contribution in [0.5, 0.6) is 5.75 Å². The van der Waals surface area contributed by atoms with Crippen molar-refractivity contribution in [2.45, 2.75) is 39.3 Å². The number of amides is 2. The summed E-state index contributed by atoms with van der Waals surface area (Å²) in [4.78, 5) is 23.1. The number of hydrogen-bond acceptors (Lipinski definition) is 5. The number of hydrogen-bond donors (Lipinski definition) is 2. The Kier molecular flexibility index (Phi) is 7.40. The molecule has 0 aliphatic rings. The number of primary amides is 1. The Hall–Kier alpha value is -4.59. The fourth-order valence-electron chi connectivity index (χ4n) is 4.79. The SMILES string of the molecule is CCc1nc2c(N)nc3ccc(OCc4ccccc4)cc3c2n1CCCCN(C(N)=O)c1ccccc1. The molecule has 194 valence electrons. The Morgan fingerprint density at radius 3 is 2.42 bits per heavy atom. The van der Waals surface area contributed by atoms with Crippen molar-refractivity contribution >= 4 is 39.5 Å². The van der Waals surface area contributed by atoms with Crippen LogP contribution in [0.3, 0.4) is 0 Å². The van der Waals surface area contributed by atoms with E-state index < -0.39 is 6.03 Å². The summed E-state index contributed by atoms with van der Waals surface area (Å²) < 4.78 is 8.33. The second-order valence-corrected chi connectivity index (χ2v) is 9.21. The van der Waals surface area contributed by atoms with Crippen LogP contribution in [-0.4, -0.2) is 27.1 Å². The number of aryl methyl sites for hydroxylation is 2. The number of nitrogen functional groups attached to an aromatic ring is 1. The molecule has 0 saturated heterocycles. The maximum atomic E-state index is 12.1. The minimum atomic E-state index is -0.452. The highest BCUT2D eigenvalue weighted by atomic mass is 16.5. The summed E-state index contributed by atoms with van der Waals surface area (Å²) >= 11 is 0. The van der Waals surface area contributed by atoms with Crippen molar-refractivity contribution < 1.29 is 9.53 Å². The fraction of sp³-hybridized carbons (Fsp3) is 0.233. The number of benzene rings is 3. The summed E-state index contributed by atoms with van der Waals surface area (Å²) in [6, 6.07) is 25.0. The van der Waals surface area contributed by atoms with E-state index in [2.05, 4.69) is 16.5 Å². The molecule has 0 bridgehead atoms. The zero-order valence-corrected chi connectivity index (χ0v) is 21.5. The number of aromatic nitrogens is 3. The van der Waals surface area contributed by atoms with Crippen LogP contribution in [0.1, 0.15) is 31.2 Å². The van der Waals surface area contributed by atoms with Crippen molar-refractivity contribution in [2.24, 2.45) is 5.73 Å². The summed E-state index contributed by atoms with van der Waals surface area (Å²) in [6.07, 6.45) is 2.38. The third-order valence-electron chi connectivity index (χ3n) is 6.67. The lowest BCUT2D eigenvalue weighted by Crippen LogP contribution is -2.36. The highest BCUT2D eigenvalue weighted by Gasteiger charge is 2.18. The number of imidazole rings is 1. The van der Waals surface area contributed by atoms with Gasteiger partial charge in [0, 0.05) is 30.6 Å². The van der Waals surface area contributed by atoms with Crippen molar-refractivity contribution in [3.8, 4) is 5.75 Å². The molecule has 5 rings (SSSR count). The zero-order chi connectivity index (χ0) is 26.5. The van der Waals surface area contributed by atoms with E-state index in [0.717, 1.165) is 65.1 Å². The van der Waals surface area contributed by atoms with Gasteiger partial charge in [-0.2, -0.15) is 0 Å². The maximum Gasteiger partial charge on any atom is 0.319 e. The van der Waals surface area contributed by atoms with Crippen molar-refractivity contribution in [1.82, 2.24) is 14.5 Å². The molecule has 8 nitrogen and oxygen atoms in total. The third-order valence-corrected chi connectivity index (χ3v) is 6.67. The van der Waals surface area contributed by atoms with Gasteiger partial charge in [-0.25, -0.2) is 14.8 Å². The molecule has 2 amide bonds. The molecular weight excluding hydrogens is 476 g/mol. The van der Waals surface area contributed by atoms with Gasteiger partial charge >= 0.3 is 6.03 Å². The van der Waals surface area contributed by atoms with E-state index in [1.54, 1.807) is 4.90 Å². The molecule has 0 aliphatic carbocycles. The first-order valence-corrected chi connectivity index (χ1v) is 12.9. The van der Waals surface area contributed by atoms with Crippen LogP contribution < -0.4 is 21.1 Å². The fourth-order valence-corrected chi connectivity index (χ4v) is 4.79. The van der Waals surface area contributed by atoms with E-state index in [0.29, 0.717) is 24.5 Å². The molecule has 0 atom stereocenters. The number of nitrogens with two attached hydrogens (primary N) is 2. The number of pyridine rings is 1. The van der Waals surface area contributed by atoms with Crippen LogP contribution in [-0.2, 0) is 19.6 Å². The smallest absolute Gasteiger partial charge is 0.319 e. The van der Waals surface area contributed by atoms with Crippen LogP contribution in [0.2, 0.25) is 0 Å². The topological polar surface area (TPSA) is 112 Å². The zero-order valence-electron chi connectivity index (χ0n) is 21.5. The van der Waals surface area contributed by atoms with E-state index in [-0.39, 0.29) is 0 Å².